The van der Waals surface area contributed by atoms with Gasteiger partial charge in [0.2, 0.25) is 0 Å². The molecule has 2 aromatic rings. The third kappa shape index (κ3) is 2.51. The number of hydrogen-bond acceptors (Lipinski definition) is 0. The molecule has 0 aliphatic rings. The van der Waals surface area contributed by atoms with E-state index in [9.17, 15) is 8.78 Å². The second kappa shape index (κ2) is 5.27. The molecule has 0 aromatic heterocycles. The molecule has 82 valence electrons. The third-order valence-corrected chi connectivity index (χ3v) is 2.20. The molecule has 0 aliphatic heterocycles. The average molecular weight is 387 g/mol. The van der Waals surface area contributed by atoms with Crippen LogP contribution >= 0.6 is 0 Å². The number of hydrogen-bond donors (Lipinski definition) is 0. The Balaban J connectivity index is 0.00000128. The Labute approximate surface area is 108 Å². The smallest absolute Gasteiger partial charge is 0.131 e. The van der Waals surface area contributed by atoms with E-state index in [2.05, 4.69) is 6.92 Å². The molecule has 0 N–H and O–H groups in total. The topological polar surface area (TPSA) is 0 Å². The van der Waals surface area contributed by atoms with Gasteiger partial charge in [-0.25, -0.2) is 8.78 Å². The Bertz CT molecular complexity index is 495. The quantitative estimate of drug-likeness (QED) is 0.654. The van der Waals surface area contributed by atoms with Crippen LogP contribution in [-0.2, 0) is 21.1 Å². The van der Waals surface area contributed by atoms with Gasteiger partial charge >= 0.3 is 0 Å². The fraction of sp³-hybridized carbons (Fsp3) is 0. The van der Waals surface area contributed by atoms with Crippen molar-refractivity contribution in [1.82, 2.24) is 0 Å². The van der Waals surface area contributed by atoms with Gasteiger partial charge in [-0.2, -0.15) is 18.6 Å². The minimum absolute atomic E-state index is 0. The van der Waals surface area contributed by atoms with E-state index < -0.39 is 11.6 Å². The van der Waals surface area contributed by atoms with Gasteiger partial charge in [0.15, 0.2) is 0 Å². The van der Waals surface area contributed by atoms with E-state index >= 15 is 0 Å². The predicted octanol–water partition coefficient (Wildman–Crippen LogP) is 3.81. The zero-order valence-electron chi connectivity index (χ0n) is 8.41. The van der Waals surface area contributed by atoms with Gasteiger partial charge < -0.3 is 0 Å². The van der Waals surface area contributed by atoms with Gasteiger partial charge in [-0.3, -0.25) is 0 Å². The van der Waals surface area contributed by atoms with Crippen molar-refractivity contribution in [1.29, 1.82) is 0 Å². The first-order chi connectivity index (χ1) is 7.18. The molecule has 0 heterocycles. The summed E-state index contributed by atoms with van der Waals surface area (Å²) >= 11 is 0. The summed E-state index contributed by atoms with van der Waals surface area (Å²) < 4.78 is 26.9. The molecular weight excluding hydrogens is 378 g/mol. The maximum Gasteiger partial charge on any atom is 0.131 e. The molecule has 3 heteroatoms. The van der Waals surface area contributed by atoms with Crippen molar-refractivity contribution in [3.8, 4) is 11.1 Å². The first kappa shape index (κ1) is 12.9. The molecule has 0 fully saturated rings. The van der Waals surface area contributed by atoms with Crippen LogP contribution in [0.4, 0.5) is 8.78 Å². The molecule has 2 rings (SSSR count). The van der Waals surface area contributed by atoms with Crippen LogP contribution in [0.25, 0.3) is 11.1 Å². The van der Waals surface area contributed by atoms with Crippen LogP contribution in [0.1, 0.15) is 5.56 Å². The van der Waals surface area contributed by atoms with Crippen molar-refractivity contribution in [2.24, 2.45) is 0 Å². The van der Waals surface area contributed by atoms with Crippen molar-refractivity contribution in [2.45, 2.75) is 0 Å². The molecule has 0 aliphatic carbocycles. The molecule has 0 unspecified atom stereocenters. The van der Waals surface area contributed by atoms with Crippen molar-refractivity contribution in [3.05, 3.63) is 66.6 Å². The van der Waals surface area contributed by atoms with Gasteiger partial charge in [-0.05, 0) is 11.6 Å². The zero-order valence-corrected chi connectivity index (χ0v) is 11.3. The average Bonchev–Trinajstić information content (AvgIpc) is 2.20. The van der Waals surface area contributed by atoms with Gasteiger partial charge in [-0.1, -0.05) is 18.2 Å². The number of rotatable bonds is 1. The minimum atomic E-state index is -0.451. The van der Waals surface area contributed by atoms with Crippen molar-refractivity contribution in [2.75, 3.05) is 0 Å². The fourth-order valence-electron chi connectivity index (χ4n) is 1.46. The van der Waals surface area contributed by atoms with Gasteiger partial charge in [0.25, 0.3) is 0 Å². The summed E-state index contributed by atoms with van der Waals surface area (Å²) in [4.78, 5) is 0. The van der Waals surface area contributed by atoms with Crippen LogP contribution in [0.5, 0.6) is 0 Å². The van der Waals surface area contributed by atoms with E-state index in [1.165, 1.54) is 18.2 Å². The largest absolute Gasteiger partial charge is 0.221 e. The zero-order chi connectivity index (χ0) is 10.8. The van der Waals surface area contributed by atoms with Gasteiger partial charge in [0.1, 0.15) is 5.82 Å². The van der Waals surface area contributed by atoms with Crippen LogP contribution in [0.2, 0.25) is 0 Å². The van der Waals surface area contributed by atoms with Crippen LogP contribution in [0.15, 0.2) is 42.5 Å². The molecule has 0 saturated heterocycles. The Morgan fingerprint density at radius 3 is 2.06 bits per heavy atom. The van der Waals surface area contributed by atoms with Gasteiger partial charge in [0.05, 0.1) is 5.82 Å². The van der Waals surface area contributed by atoms with Crippen molar-refractivity contribution >= 4 is 0 Å². The first-order valence-electron chi connectivity index (χ1n) is 4.55. The van der Waals surface area contributed by atoms with E-state index in [4.69, 9.17) is 0 Å². The van der Waals surface area contributed by atoms with Crippen LogP contribution in [0, 0.1) is 18.6 Å². The molecule has 0 saturated carbocycles. The molecule has 0 atom stereocenters. The summed E-state index contributed by atoms with van der Waals surface area (Å²) in [7, 11) is 0. The Morgan fingerprint density at radius 2 is 1.44 bits per heavy atom. The Hall–Kier alpha value is -1.14. The monoisotopic (exact) mass is 387 g/mol. The summed E-state index contributed by atoms with van der Waals surface area (Å²) in [6.07, 6.45) is 0. The Kier molecular flexibility index (Phi) is 4.25. The standard InChI is InChI=1S/C13H9F2.W/c1-9-6-7-11(13(15)8-9)10-4-2-3-5-12(10)14;/h2-8H,1H2;/q-1;. The normalized spacial score (nSPS) is 9.62. The fourth-order valence-corrected chi connectivity index (χ4v) is 1.46. The molecule has 0 amide bonds. The van der Waals surface area contributed by atoms with Gasteiger partial charge in [-0.15, -0.1) is 12.1 Å². The van der Waals surface area contributed by atoms with E-state index in [0.29, 0.717) is 5.56 Å². The summed E-state index contributed by atoms with van der Waals surface area (Å²) in [6, 6.07) is 10.6. The maximum atomic E-state index is 13.5. The molecule has 0 radical (unpaired) electrons. The van der Waals surface area contributed by atoms with Gasteiger partial charge in [0, 0.05) is 26.6 Å². The van der Waals surface area contributed by atoms with Crippen molar-refractivity contribution in [3.63, 3.8) is 0 Å². The summed E-state index contributed by atoms with van der Waals surface area (Å²) in [5.41, 5.74) is 1.11. The minimum Gasteiger partial charge on any atom is -0.221 e. The molecular formula is C13H9F2W-. The molecule has 0 bridgehead atoms. The Morgan fingerprint density at radius 1 is 0.812 bits per heavy atom. The first-order valence-corrected chi connectivity index (χ1v) is 4.55. The van der Waals surface area contributed by atoms with E-state index in [1.807, 2.05) is 0 Å². The molecule has 0 spiro atoms. The summed E-state index contributed by atoms with van der Waals surface area (Å²) in [5, 5.41) is 0. The second-order valence-corrected chi connectivity index (χ2v) is 3.29. The maximum absolute atomic E-state index is 13.5. The molecule has 16 heavy (non-hydrogen) atoms. The van der Waals surface area contributed by atoms with Crippen molar-refractivity contribution < 1.29 is 29.8 Å². The van der Waals surface area contributed by atoms with Crippen LogP contribution in [0.3, 0.4) is 0 Å². The van der Waals surface area contributed by atoms with E-state index in [-0.39, 0.29) is 32.2 Å². The number of halogens is 2. The van der Waals surface area contributed by atoms with E-state index in [0.717, 1.165) is 0 Å². The third-order valence-electron chi connectivity index (χ3n) is 2.20. The summed E-state index contributed by atoms with van der Waals surface area (Å²) in [6.45, 7) is 3.60. The molecule has 0 nitrogen and oxygen atoms in total. The van der Waals surface area contributed by atoms with E-state index in [1.54, 1.807) is 24.3 Å². The van der Waals surface area contributed by atoms with Crippen LogP contribution < -0.4 is 0 Å². The SMILES string of the molecule is [CH2-]c1ccc(-c2ccccc2F)c(F)c1.[W]. The number of benzene rings is 2. The second-order valence-electron chi connectivity index (χ2n) is 3.29. The molecule has 2 aromatic carbocycles. The predicted molar refractivity (Wildman–Crippen MR) is 56.3 cm³/mol. The van der Waals surface area contributed by atoms with Crippen LogP contribution in [-0.4, -0.2) is 0 Å². The summed E-state index contributed by atoms with van der Waals surface area (Å²) in [5.74, 6) is -0.874.